The largest absolute Gasteiger partial charge is 0.493 e. The molecule has 1 amide bonds. The number of nitrogens with zero attached hydrogens (tertiary/aromatic N) is 1. The summed E-state index contributed by atoms with van der Waals surface area (Å²) in [6.45, 7) is 1.33. The molecule has 6 nitrogen and oxygen atoms in total. The molecule has 0 spiro atoms. The molecule has 28 heavy (non-hydrogen) atoms. The van der Waals surface area contributed by atoms with E-state index in [0.29, 0.717) is 26.2 Å². The lowest BCUT2D eigenvalue weighted by Crippen LogP contribution is -2.17. The molecule has 0 aliphatic heterocycles. The predicted octanol–water partition coefficient (Wildman–Crippen LogP) is 4.14. The number of carbonyl (C=O) groups excluding carboxylic acids is 2. The molecule has 0 aromatic heterocycles. The first-order chi connectivity index (χ1) is 13.5. The molecule has 0 atom stereocenters. The zero-order chi connectivity index (χ0) is 20.1. The lowest BCUT2D eigenvalue weighted by atomic mass is 10.1. The van der Waals surface area contributed by atoms with Crippen molar-refractivity contribution >= 4 is 51.5 Å². The lowest BCUT2D eigenvalue weighted by Gasteiger charge is -2.10. The third kappa shape index (κ3) is 4.66. The molecule has 0 saturated carbocycles. The van der Waals surface area contributed by atoms with E-state index in [1.54, 1.807) is 18.2 Å². The Morgan fingerprint density at radius 1 is 1.07 bits per heavy atom. The molecule has 0 radical (unpaired) electrons. The van der Waals surface area contributed by atoms with E-state index in [9.17, 15) is 9.59 Å². The van der Waals surface area contributed by atoms with E-state index in [0.717, 1.165) is 10.8 Å². The number of methoxy groups -OCH3 is 1. The molecular weight excluding hydrogens is 471 g/mol. The Morgan fingerprint density at radius 3 is 2.54 bits per heavy atom. The summed E-state index contributed by atoms with van der Waals surface area (Å²) in [5, 5.41) is 6.07. The van der Waals surface area contributed by atoms with Gasteiger partial charge in [0, 0.05) is 12.5 Å². The van der Waals surface area contributed by atoms with Gasteiger partial charge >= 0.3 is 5.97 Å². The van der Waals surface area contributed by atoms with Crippen molar-refractivity contribution < 1.29 is 19.1 Å². The van der Waals surface area contributed by atoms with Crippen LogP contribution in [-0.4, -0.2) is 25.2 Å². The molecule has 0 bridgehead atoms. The Hall–Kier alpha value is -2.94. The van der Waals surface area contributed by atoms with Gasteiger partial charge in [-0.05, 0) is 63.2 Å². The van der Waals surface area contributed by atoms with Gasteiger partial charge < -0.3 is 9.47 Å². The van der Waals surface area contributed by atoms with E-state index in [-0.39, 0.29) is 5.91 Å². The van der Waals surface area contributed by atoms with Gasteiger partial charge in [-0.3, -0.25) is 9.59 Å². The second-order valence-corrected chi connectivity index (χ2v) is 7.05. The fraction of sp³-hybridized carbons (Fsp3) is 0.0952. The van der Waals surface area contributed by atoms with Crippen LogP contribution in [0, 0.1) is 3.57 Å². The Balaban J connectivity index is 1.75. The average molecular weight is 488 g/mol. The molecule has 7 heteroatoms. The van der Waals surface area contributed by atoms with Crippen molar-refractivity contribution in [2.45, 2.75) is 6.92 Å². The van der Waals surface area contributed by atoms with Crippen molar-refractivity contribution in [3.8, 4) is 11.5 Å². The van der Waals surface area contributed by atoms with Gasteiger partial charge in [-0.2, -0.15) is 5.10 Å². The highest BCUT2D eigenvalue weighted by Gasteiger charge is 2.13. The van der Waals surface area contributed by atoms with Crippen LogP contribution in [0.2, 0.25) is 0 Å². The maximum Gasteiger partial charge on any atom is 0.308 e. The highest BCUT2D eigenvalue weighted by atomic mass is 127. The molecule has 0 aliphatic rings. The molecule has 0 saturated heterocycles. The Bertz CT molecular complexity index is 1080. The smallest absolute Gasteiger partial charge is 0.308 e. The third-order valence-corrected chi connectivity index (χ3v) is 4.69. The quantitative estimate of drug-likeness (QED) is 0.193. The van der Waals surface area contributed by atoms with Crippen molar-refractivity contribution in [3.63, 3.8) is 0 Å². The molecule has 3 aromatic carbocycles. The maximum absolute atomic E-state index is 12.3. The number of benzene rings is 3. The summed E-state index contributed by atoms with van der Waals surface area (Å²) in [5.74, 6) is 0.0258. The molecule has 0 aliphatic carbocycles. The standard InChI is InChI=1S/C21H17IN2O4/c1-13(25)28-20-18(22)9-14(10-19(20)27-2)12-23-24-21(26)17-8-7-15-5-3-4-6-16(15)11-17/h3-12H,1-2H3,(H,24,26)/b23-12-. The molecule has 1 N–H and O–H groups in total. The number of carbonyl (C=O) groups is 2. The highest BCUT2D eigenvalue weighted by molar-refractivity contribution is 14.1. The first-order valence-corrected chi connectivity index (χ1v) is 9.44. The summed E-state index contributed by atoms with van der Waals surface area (Å²) >= 11 is 2.04. The van der Waals surface area contributed by atoms with Crippen LogP contribution in [-0.2, 0) is 4.79 Å². The summed E-state index contributed by atoms with van der Waals surface area (Å²) in [7, 11) is 1.49. The van der Waals surface area contributed by atoms with Crippen LogP contribution in [0.3, 0.4) is 0 Å². The summed E-state index contributed by atoms with van der Waals surface area (Å²) in [4.78, 5) is 23.6. The van der Waals surface area contributed by atoms with Crippen molar-refractivity contribution in [2.24, 2.45) is 5.10 Å². The Morgan fingerprint density at radius 2 is 1.82 bits per heavy atom. The molecule has 3 rings (SSSR count). The van der Waals surface area contributed by atoms with Crippen LogP contribution < -0.4 is 14.9 Å². The van der Waals surface area contributed by atoms with Crippen LogP contribution in [0.5, 0.6) is 11.5 Å². The van der Waals surface area contributed by atoms with Crippen molar-refractivity contribution in [2.75, 3.05) is 7.11 Å². The monoisotopic (exact) mass is 488 g/mol. The summed E-state index contributed by atoms with van der Waals surface area (Å²) in [5.41, 5.74) is 3.73. The summed E-state index contributed by atoms with van der Waals surface area (Å²) < 4.78 is 11.1. The van der Waals surface area contributed by atoms with Crippen molar-refractivity contribution in [3.05, 3.63) is 69.3 Å². The number of fused-ring (bicyclic) bond motifs is 1. The van der Waals surface area contributed by atoms with Crippen LogP contribution in [0.1, 0.15) is 22.8 Å². The predicted molar refractivity (Wildman–Crippen MR) is 116 cm³/mol. The van der Waals surface area contributed by atoms with Gasteiger partial charge in [0.05, 0.1) is 16.9 Å². The molecule has 0 heterocycles. The van der Waals surface area contributed by atoms with E-state index in [2.05, 4.69) is 10.5 Å². The number of esters is 1. The lowest BCUT2D eigenvalue weighted by molar-refractivity contribution is -0.132. The Labute approximate surface area is 175 Å². The van der Waals surface area contributed by atoms with Gasteiger partial charge in [-0.15, -0.1) is 0 Å². The van der Waals surface area contributed by atoms with Crippen LogP contribution in [0.4, 0.5) is 0 Å². The van der Waals surface area contributed by atoms with Crippen LogP contribution in [0.15, 0.2) is 59.7 Å². The fourth-order valence-electron chi connectivity index (χ4n) is 2.62. The third-order valence-electron chi connectivity index (χ3n) is 3.89. The summed E-state index contributed by atoms with van der Waals surface area (Å²) in [6.07, 6.45) is 1.50. The molecular formula is C21H17IN2O4. The summed E-state index contributed by atoms with van der Waals surface area (Å²) in [6, 6.07) is 16.7. The zero-order valence-electron chi connectivity index (χ0n) is 15.2. The highest BCUT2D eigenvalue weighted by Crippen LogP contribution is 2.33. The van der Waals surface area contributed by atoms with Crippen LogP contribution in [0.25, 0.3) is 10.8 Å². The minimum Gasteiger partial charge on any atom is -0.493 e. The fourth-order valence-corrected chi connectivity index (χ4v) is 3.35. The maximum atomic E-state index is 12.3. The van der Waals surface area contributed by atoms with E-state index >= 15 is 0 Å². The normalized spacial score (nSPS) is 10.8. The second kappa shape index (κ2) is 8.83. The van der Waals surface area contributed by atoms with E-state index in [4.69, 9.17) is 9.47 Å². The number of ether oxygens (including phenoxy) is 2. The number of nitrogens with one attached hydrogen (secondary N) is 1. The molecule has 142 valence electrons. The van der Waals surface area contributed by atoms with Gasteiger partial charge in [0.1, 0.15) is 0 Å². The van der Waals surface area contributed by atoms with E-state index in [1.807, 2.05) is 59.0 Å². The molecule has 0 fully saturated rings. The number of halogens is 1. The number of rotatable bonds is 5. The van der Waals surface area contributed by atoms with Crippen molar-refractivity contribution in [1.29, 1.82) is 0 Å². The van der Waals surface area contributed by atoms with Gasteiger partial charge in [-0.25, -0.2) is 5.43 Å². The Kier molecular flexibility index (Phi) is 6.25. The number of hydrogen-bond donors (Lipinski definition) is 1. The number of hydrogen-bond acceptors (Lipinski definition) is 5. The van der Waals surface area contributed by atoms with Gasteiger partial charge in [-0.1, -0.05) is 30.3 Å². The van der Waals surface area contributed by atoms with Gasteiger partial charge in [0.15, 0.2) is 11.5 Å². The van der Waals surface area contributed by atoms with Crippen LogP contribution >= 0.6 is 22.6 Å². The number of hydrazone groups is 1. The van der Waals surface area contributed by atoms with Crippen molar-refractivity contribution in [1.82, 2.24) is 5.43 Å². The first kappa shape index (κ1) is 19.8. The first-order valence-electron chi connectivity index (χ1n) is 8.36. The zero-order valence-corrected chi connectivity index (χ0v) is 17.4. The molecule has 0 unspecified atom stereocenters. The number of amides is 1. The van der Waals surface area contributed by atoms with Gasteiger partial charge in [0.25, 0.3) is 5.91 Å². The van der Waals surface area contributed by atoms with E-state index in [1.165, 1.54) is 20.2 Å². The topological polar surface area (TPSA) is 77.0 Å². The minimum absolute atomic E-state index is 0.305. The van der Waals surface area contributed by atoms with Gasteiger partial charge in [0.2, 0.25) is 0 Å². The molecule has 3 aromatic rings. The minimum atomic E-state index is -0.430. The second-order valence-electron chi connectivity index (χ2n) is 5.89. The SMILES string of the molecule is COc1cc(/C=N\NC(=O)c2ccc3ccccc3c2)cc(I)c1OC(C)=O. The average Bonchev–Trinajstić information content (AvgIpc) is 2.69. The van der Waals surface area contributed by atoms with E-state index < -0.39 is 5.97 Å².